The molecule has 2 rings (SSSR count). The summed E-state index contributed by atoms with van der Waals surface area (Å²) in [5, 5.41) is 3.53. The van der Waals surface area contributed by atoms with Crippen molar-refractivity contribution in [2.75, 3.05) is 6.54 Å². The summed E-state index contributed by atoms with van der Waals surface area (Å²) >= 11 is 6.15. The van der Waals surface area contributed by atoms with Crippen molar-refractivity contribution >= 4 is 23.4 Å². The highest BCUT2D eigenvalue weighted by Gasteiger charge is 2.13. The van der Waals surface area contributed by atoms with Crippen LogP contribution in [0.1, 0.15) is 30.0 Å². The molecule has 0 saturated heterocycles. The molecule has 0 heterocycles. The summed E-state index contributed by atoms with van der Waals surface area (Å²) in [7, 11) is 0. The molecule has 0 spiro atoms. The van der Waals surface area contributed by atoms with E-state index in [0.29, 0.717) is 24.7 Å². The first-order valence-corrected chi connectivity index (χ1v) is 8.65. The number of nitrogens with one attached hydrogen (secondary N) is 1. The van der Waals surface area contributed by atoms with Crippen LogP contribution < -0.4 is 5.32 Å². The lowest BCUT2D eigenvalue weighted by Gasteiger charge is -2.21. The van der Waals surface area contributed by atoms with Gasteiger partial charge in [0.1, 0.15) is 0 Å². The Kier molecular flexibility index (Phi) is 7.02. The maximum Gasteiger partial charge on any atom is 0.222 e. The van der Waals surface area contributed by atoms with Gasteiger partial charge in [-0.3, -0.25) is 9.59 Å². The van der Waals surface area contributed by atoms with Crippen molar-refractivity contribution in [3.63, 3.8) is 0 Å². The first kappa shape index (κ1) is 19.0. The number of aryl methyl sites for hydroxylation is 1. The molecule has 0 radical (unpaired) electrons. The third-order valence-corrected chi connectivity index (χ3v) is 4.48. The first-order chi connectivity index (χ1) is 12.0. The van der Waals surface area contributed by atoms with E-state index in [1.54, 1.807) is 11.0 Å². The molecule has 0 atom stereocenters. The highest BCUT2D eigenvalue weighted by molar-refractivity contribution is 6.31. The molecular weight excluding hydrogens is 336 g/mol. The summed E-state index contributed by atoms with van der Waals surface area (Å²) in [4.78, 5) is 25.6. The summed E-state index contributed by atoms with van der Waals surface area (Å²) < 4.78 is 0. The van der Waals surface area contributed by atoms with Gasteiger partial charge in [-0.15, -0.1) is 0 Å². The van der Waals surface area contributed by atoms with Gasteiger partial charge in [-0.05, 0) is 29.7 Å². The summed E-state index contributed by atoms with van der Waals surface area (Å²) in [6.07, 6.45) is 0.260. The van der Waals surface area contributed by atoms with E-state index >= 15 is 0 Å². The van der Waals surface area contributed by atoms with Crippen LogP contribution in [-0.4, -0.2) is 23.3 Å². The predicted molar refractivity (Wildman–Crippen MR) is 100 cm³/mol. The third kappa shape index (κ3) is 5.91. The standard InChI is InChI=1S/C20H23ClN2O2/c1-15-7-3-4-8-17(15)13-22-20(25)11-12-23(16(2)24)14-18-9-5-6-10-19(18)21/h3-10H,11-14H2,1-2H3,(H,22,25). The molecule has 2 aromatic rings. The Bertz CT molecular complexity index is 746. The lowest BCUT2D eigenvalue weighted by molar-refractivity contribution is -0.130. The number of rotatable bonds is 7. The quantitative estimate of drug-likeness (QED) is 0.820. The molecule has 0 unspecified atom stereocenters. The molecular formula is C20H23ClN2O2. The van der Waals surface area contributed by atoms with Crippen molar-refractivity contribution in [2.45, 2.75) is 33.4 Å². The highest BCUT2D eigenvalue weighted by Crippen LogP contribution is 2.17. The Hall–Kier alpha value is -2.33. The van der Waals surface area contributed by atoms with Crippen LogP contribution in [0, 0.1) is 6.92 Å². The van der Waals surface area contributed by atoms with E-state index in [4.69, 9.17) is 11.6 Å². The molecule has 0 aromatic heterocycles. The van der Waals surface area contributed by atoms with E-state index < -0.39 is 0 Å². The van der Waals surface area contributed by atoms with E-state index in [2.05, 4.69) is 5.32 Å². The van der Waals surface area contributed by atoms with E-state index in [0.717, 1.165) is 16.7 Å². The van der Waals surface area contributed by atoms with Crippen molar-refractivity contribution in [3.8, 4) is 0 Å². The second kappa shape index (κ2) is 9.23. The highest BCUT2D eigenvalue weighted by atomic mass is 35.5. The second-order valence-electron chi connectivity index (χ2n) is 5.99. The zero-order chi connectivity index (χ0) is 18.2. The summed E-state index contributed by atoms with van der Waals surface area (Å²) in [5.41, 5.74) is 3.11. The van der Waals surface area contributed by atoms with Gasteiger partial charge in [0.15, 0.2) is 0 Å². The molecule has 0 aliphatic rings. The maximum absolute atomic E-state index is 12.1. The Morgan fingerprint density at radius 3 is 2.32 bits per heavy atom. The number of benzene rings is 2. The maximum atomic E-state index is 12.1. The molecule has 0 fully saturated rings. The van der Waals surface area contributed by atoms with Crippen molar-refractivity contribution in [1.82, 2.24) is 10.2 Å². The minimum Gasteiger partial charge on any atom is -0.352 e. The summed E-state index contributed by atoms with van der Waals surface area (Å²) in [6.45, 7) is 4.78. The van der Waals surface area contributed by atoms with E-state index in [1.807, 2.05) is 49.4 Å². The van der Waals surface area contributed by atoms with Gasteiger partial charge in [0.25, 0.3) is 0 Å². The molecule has 0 saturated carbocycles. The van der Waals surface area contributed by atoms with Gasteiger partial charge in [-0.2, -0.15) is 0 Å². The van der Waals surface area contributed by atoms with Crippen molar-refractivity contribution in [2.24, 2.45) is 0 Å². The molecule has 132 valence electrons. The average molecular weight is 359 g/mol. The van der Waals surface area contributed by atoms with E-state index in [9.17, 15) is 9.59 Å². The number of carbonyl (C=O) groups excluding carboxylic acids is 2. The van der Waals surface area contributed by atoms with Crippen LogP contribution >= 0.6 is 11.6 Å². The Balaban J connectivity index is 1.86. The van der Waals surface area contributed by atoms with Crippen molar-refractivity contribution in [1.29, 1.82) is 0 Å². The zero-order valence-electron chi connectivity index (χ0n) is 14.6. The fourth-order valence-electron chi connectivity index (χ4n) is 2.51. The van der Waals surface area contributed by atoms with Crippen LogP contribution in [0.25, 0.3) is 0 Å². The number of amides is 2. The fourth-order valence-corrected chi connectivity index (χ4v) is 2.70. The Morgan fingerprint density at radius 2 is 1.68 bits per heavy atom. The number of hydrogen-bond acceptors (Lipinski definition) is 2. The minimum atomic E-state index is -0.0772. The normalized spacial score (nSPS) is 10.4. The van der Waals surface area contributed by atoms with Gasteiger partial charge in [0, 0.05) is 38.0 Å². The fraction of sp³-hybridized carbons (Fsp3) is 0.300. The molecule has 0 bridgehead atoms. The van der Waals surface area contributed by atoms with Crippen molar-refractivity contribution in [3.05, 3.63) is 70.2 Å². The predicted octanol–water partition coefficient (Wildman–Crippen LogP) is 3.70. The molecule has 25 heavy (non-hydrogen) atoms. The molecule has 1 N–H and O–H groups in total. The van der Waals surface area contributed by atoms with Crippen LogP contribution in [0.2, 0.25) is 5.02 Å². The van der Waals surface area contributed by atoms with Crippen LogP contribution in [-0.2, 0) is 22.7 Å². The average Bonchev–Trinajstić information content (AvgIpc) is 2.59. The lowest BCUT2D eigenvalue weighted by Crippen LogP contribution is -2.33. The van der Waals surface area contributed by atoms with Gasteiger partial charge in [-0.25, -0.2) is 0 Å². The molecule has 2 aromatic carbocycles. The number of nitrogens with zero attached hydrogens (tertiary/aromatic N) is 1. The van der Waals surface area contributed by atoms with Gasteiger partial charge in [0.2, 0.25) is 11.8 Å². The van der Waals surface area contributed by atoms with Gasteiger partial charge < -0.3 is 10.2 Å². The number of carbonyl (C=O) groups is 2. The summed E-state index contributed by atoms with van der Waals surface area (Å²) in [6, 6.07) is 15.4. The SMILES string of the molecule is CC(=O)N(CCC(=O)NCc1ccccc1C)Cc1ccccc1Cl. The van der Waals surface area contributed by atoms with Gasteiger partial charge in [0.05, 0.1) is 0 Å². The van der Waals surface area contributed by atoms with Gasteiger partial charge in [-0.1, -0.05) is 54.1 Å². The zero-order valence-corrected chi connectivity index (χ0v) is 15.3. The van der Waals surface area contributed by atoms with Crippen LogP contribution in [0.4, 0.5) is 0 Å². The second-order valence-corrected chi connectivity index (χ2v) is 6.39. The molecule has 0 aliphatic heterocycles. The minimum absolute atomic E-state index is 0.0753. The molecule has 0 aliphatic carbocycles. The van der Waals surface area contributed by atoms with Gasteiger partial charge >= 0.3 is 0 Å². The largest absolute Gasteiger partial charge is 0.352 e. The van der Waals surface area contributed by atoms with E-state index in [-0.39, 0.29) is 18.2 Å². The topological polar surface area (TPSA) is 49.4 Å². The molecule has 2 amide bonds. The number of hydrogen-bond donors (Lipinski definition) is 1. The Labute approximate surface area is 153 Å². The van der Waals surface area contributed by atoms with Crippen LogP contribution in [0.5, 0.6) is 0 Å². The Morgan fingerprint density at radius 1 is 1.04 bits per heavy atom. The smallest absolute Gasteiger partial charge is 0.222 e. The number of halogens is 1. The van der Waals surface area contributed by atoms with E-state index in [1.165, 1.54) is 6.92 Å². The summed E-state index contributed by atoms with van der Waals surface area (Å²) in [5.74, 6) is -0.153. The molecule has 5 heteroatoms. The van der Waals surface area contributed by atoms with Crippen LogP contribution in [0.3, 0.4) is 0 Å². The lowest BCUT2D eigenvalue weighted by atomic mass is 10.1. The van der Waals surface area contributed by atoms with Crippen molar-refractivity contribution < 1.29 is 9.59 Å². The molecule has 4 nitrogen and oxygen atoms in total. The third-order valence-electron chi connectivity index (χ3n) is 4.11. The monoisotopic (exact) mass is 358 g/mol. The first-order valence-electron chi connectivity index (χ1n) is 8.27. The van der Waals surface area contributed by atoms with Crippen LogP contribution in [0.15, 0.2) is 48.5 Å².